The van der Waals surface area contributed by atoms with Gasteiger partial charge < -0.3 is 18.9 Å². The molecule has 2 aromatic heterocycles. The zero-order valence-corrected chi connectivity index (χ0v) is 39.3. The van der Waals surface area contributed by atoms with Crippen molar-refractivity contribution in [2.75, 3.05) is 9.80 Å². The third-order valence-electron chi connectivity index (χ3n) is 14.7. The van der Waals surface area contributed by atoms with Crippen LogP contribution in [0.1, 0.15) is 62.3 Å². The average Bonchev–Trinajstić information content (AvgIpc) is 3.89. The SMILES string of the molecule is [2H]C([2H])([2H])c1cc2c3c(c1)N(c1ccc(C(C)(C)C)cc1)c1cc(-n4c5ccccc5c5ccccc54)ccc1B3c1ccc(-n3c4ccccc4c4ccccc43)cc1N2c1ccc(C(C)(C)C)cc1. The van der Waals surface area contributed by atoms with E-state index in [2.05, 4.69) is 242 Å². The second kappa shape index (κ2) is 14.6. The molecule has 0 aliphatic carbocycles. The van der Waals surface area contributed by atoms with Gasteiger partial charge in [-0.1, -0.05) is 151 Å². The van der Waals surface area contributed by atoms with Crippen LogP contribution in [-0.4, -0.2) is 15.8 Å². The van der Waals surface area contributed by atoms with Crippen molar-refractivity contribution in [3.8, 4) is 11.4 Å². The molecule has 0 fully saturated rings. The van der Waals surface area contributed by atoms with Gasteiger partial charge in [-0.05, 0) is 136 Å². The molecule has 0 radical (unpaired) electrons. The predicted octanol–water partition coefficient (Wildman–Crippen LogP) is 14.9. The van der Waals surface area contributed by atoms with Crippen molar-refractivity contribution in [3.05, 3.63) is 211 Å². The van der Waals surface area contributed by atoms with Crippen LogP contribution in [0.3, 0.4) is 0 Å². The minimum Gasteiger partial charge on any atom is -0.311 e. The molecule has 68 heavy (non-hydrogen) atoms. The minimum atomic E-state index is -2.40. The Morgan fingerprint density at radius 1 is 0.368 bits per heavy atom. The highest BCUT2D eigenvalue weighted by molar-refractivity contribution is 7.00. The van der Waals surface area contributed by atoms with E-state index in [1.54, 1.807) is 0 Å². The Morgan fingerprint density at radius 2 is 0.706 bits per heavy atom. The van der Waals surface area contributed by atoms with E-state index in [0.29, 0.717) is 5.56 Å². The highest BCUT2D eigenvalue weighted by Crippen LogP contribution is 2.47. The van der Waals surface area contributed by atoms with Gasteiger partial charge in [-0.25, -0.2) is 0 Å². The van der Waals surface area contributed by atoms with E-state index in [4.69, 9.17) is 4.11 Å². The van der Waals surface area contributed by atoms with Crippen LogP contribution in [0.25, 0.3) is 55.0 Å². The van der Waals surface area contributed by atoms with Crippen LogP contribution in [0.15, 0.2) is 194 Å². The maximum absolute atomic E-state index is 9.11. The molecule has 4 heterocycles. The number of rotatable bonds is 4. The lowest BCUT2D eigenvalue weighted by atomic mass is 9.33. The Balaban J connectivity index is 1.13. The third-order valence-corrected chi connectivity index (χ3v) is 14.7. The maximum Gasteiger partial charge on any atom is 0.252 e. The summed E-state index contributed by atoms with van der Waals surface area (Å²) in [6, 6.07) is 70.1. The lowest BCUT2D eigenvalue weighted by Crippen LogP contribution is -2.61. The van der Waals surface area contributed by atoms with Gasteiger partial charge in [0.1, 0.15) is 0 Å². The molecule has 5 heteroatoms. The zero-order valence-electron chi connectivity index (χ0n) is 42.3. The molecule has 11 aromatic rings. The number of anilines is 6. The Labute approximate surface area is 403 Å². The normalized spacial score (nSPS) is 14.3. The van der Waals surface area contributed by atoms with Gasteiger partial charge >= 0.3 is 0 Å². The monoisotopic (exact) mass is 879 g/mol. The molecule has 0 amide bonds. The summed E-state index contributed by atoms with van der Waals surface area (Å²) in [4.78, 5) is 4.67. The second-order valence-electron chi connectivity index (χ2n) is 20.9. The van der Waals surface area contributed by atoms with Crippen LogP contribution in [0, 0.1) is 6.85 Å². The zero-order chi connectivity index (χ0) is 48.7. The number of aryl methyl sites for hydroxylation is 1. The predicted molar refractivity (Wildman–Crippen MR) is 291 cm³/mol. The fraction of sp³-hybridized carbons (Fsp3) is 0.143. The van der Waals surface area contributed by atoms with Crippen LogP contribution in [0.5, 0.6) is 0 Å². The summed E-state index contributed by atoms with van der Waals surface area (Å²) in [6.45, 7) is 10.8. The topological polar surface area (TPSA) is 16.3 Å². The van der Waals surface area contributed by atoms with Crippen molar-refractivity contribution in [1.82, 2.24) is 9.13 Å². The van der Waals surface area contributed by atoms with Crippen molar-refractivity contribution in [2.24, 2.45) is 0 Å². The van der Waals surface area contributed by atoms with E-state index in [0.717, 1.165) is 84.0 Å². The van der Waals surface area contributed by atoms with E-state index in [1.807, 2.05) is 12.1 Å². The van der Waals surface area contributed by atoms with E-state index in [-0.39, 0.29) is 17.5 Å². The molecule has 0 saturated heterocycles. The first-order valence-electron chi connectivity index (χ1n) is 25.4. The van der Waals surface area contributed by atoms with Crippen LogP contribution < -0.4 is 26.2 Å². The number of fused-ring (bicyclic) bond motifs is 10. The quantitative estimate of drug-likeness (QED) is 0.164. The van der Waals surface area contributed by atoms with Crippen LogP contribution in [0.4, 0.5) is 34.1 Å². The Bertz CT molecular complexity index is 3610. The summed E-state index contributed by atoms with van der Waals surface area (Å²) >= 11 is 0. The molecule has 9 aromatic carbocycles. The van der Waals surface area contributed by atoms with Gasteiger partial charge in [0.15, 0.2) is 0 Å². The first-order valence-corrected chi connectivity index (χ1v) is 23.9. The molecular weight excluding hydrogens is 824 g/mol. The van der Waals surface area contributed by atoms with Crippen LogP contribution in [-0.2, 0) is 10.8 Å². The maximum atomic E-state index is 9.11. The first kappa shape index (κ1) is 37.3. The lowest BCUT2D eigenvalue weighted by molar-refractivity contribution is 0.590. The number of aromatic nitrogens is 2. The molecule has 0 atom stereocenters. The summed E-state index contributed by atoms with van der Waals surface area (Å²) in [7, 11) is 0. The molecule has 0 spiro atoms. The van der Waals surface area contributed by atoms with E-state index in [9.17, 15) is 0 Å². The second-order valence-corrected chi connectivity index (χ2v) is 20.9. The van der Waals surface area contributed by atoms with Gasteiger partial charge in [-0.15, -0.1) is 0 Å². The highest BCUT2D eigenvalue weighted by Gasteiger charge is 2.44. The molecular formula is C63H53BN4. The summed E-state index contributed by atoms with van der Waals surface area (Å²) in [5.74, 6) is 0. The van der Waals surface area contributed by atoms with E-state index >= 15 is 0 Å². The minimum absolute atomic E-state index is 0.0572. The fourth-order valence-corrected chi connectivity index (χ4v) is 11.4. The molecule has 4 nitrogen and oxygen atoms in total. The number of nitrogens with zero attached hydrogens (tertiary/aromatic N) is 4. The Morgan fingerprint density at radius 3 is 1.04 bits per heavy atom. The van der Waals surface area contributed by atoms with Crippen molar-refractivity contribution in [2.45, 2.75) is 59.2 Å². The van der Waals surface area contributed by atoms with Gasteiger partial charge in [0.2, 0.25) is 0 Å². The Kier molecular flexibility index (Phi) is 8.03. The summed E-state index contributed by atoms with van der Waals surface area (Å²) in [5, 5.41) is 4.79. The van der Waals surface area contributed by atoms with Gasteiger partial charge in [-0.2, -0.15) is 0 Å². The molecule has 13 rings (SSSR count). The molecule has 2 aliphatic heterocycles. The summed E-state index contributed by atoms with van der Waals surface area (Å²) in [6.07, 6.45) is 0. The lowest BCUT2D eigenvalue weighted by Gasteiger charge is -2.44. The molecule has 0 unspecified atom stereocenters. The van der Waals surface area contributed by atoms with Gasteiger partial charge in [0.25, 0.3) is 6.71 Å². The van der Waals surface area contributed by atoms with E-state index in [1.165, 1.54) is 32.7 Å². The highest BCUT2D eigenvalue weighted by atomic mass is 15.2. The molecule has 0 bridgehead atoms. The Hall–Kier alpha value is -7.76. The molecule has 328 valence electrons. The first-order chi connectivity index (χ1) is 34.1. The molecule has 2 aliphatic rings. The van der Waals surface area contributed by atoms with Gasteiger partial charge in [0, 0.05) is 71.2 Å². The summed E-state index contributed by atoms with van der Waals surface area (Å²) < 4.78 is 32.1. The van der Waals surface area contributed by atoms with Gasteiger partial charge in [0.05, 0.1) is 22.1 Å². The number of hydrogen-bond acceptors (Lipinski definition) is 2. The standard InChI is InChI=1S/C63H53BN4/c1-40-36-59-61-60(37-40)66(44-30-26-42(27-31-44)63(5,6)7)58-39-46(68-55-22-14-10-18-49(55)50-19-11-15-23-56(50)68)33-35-52(58)64(61)51-34-32-45(38-57(51)65(59)43-28-24-41(25-29-43)62(2,3)4)67-53-20-12-8-16-47(53)48-17-9-13-21-54(48)67/h8-39H,1-7H3/i1D3. The largest absolute Gasteiger partial charge is 0.311 e. The van der Waals surface area contributed by atoms with Crippen molar-refractivity contribution in [3.63, 3.8) is 0 Å². The van der Waals surface area contributed by atoms with E-state index < -0.39 is 6.85 Å². The average molecular weight is 880 g/mol. The number of benzene rings is 9. The smallest absolute Gasteiger partial charge is 0.252 e. The summed E-state index contributed by atoms with van der Waals surface area (Å²) in [5.41, 5.74) is 18.3. The van der Waals surface area contributed by atoms with Crippen LogP contribution in [0.2, 0.25) is 0 Å². The van der Waals surface area contributed by atoms with Crippen molar-refractivity contribution in [1.29, 1.82) is 0 Å². The number of para-hydroxylation sites is 4. The van der Waals surface area contributed by atoms with Crippen molar-refractivity contribution >= 4 is 101 Å². The molecule has 0 saturated carbocycles. The third kappa shape index (κ3) is 6.01. The van der Waals surface area contributed by atoms with Crippen molar-refractivity contribution < 1.29 is 4.11 Å². The fourth-order valence-electron chi connectivity index (χ4n) is 11.4. The van der Waals surface area contributed by atoms with Crippen LogP contribution >= 0.6 is 0 Å². The molecule has 0 N–H and O–H groups in total. The number of hydrogen-bond donors (Lipinski definition) is 0. The van der Waals surface area contributed by atoms with Gasteiger partial charge in [-0.3, -0.25) is 0 Å².